The summed E-state index contributed by atoms with van der Waals surface area (Å²) >= 11 is 0. The standard InChI is InChI=1S/C17H22N4O/c1-11-3-2-6-21-16(22)7-13(19-17(11)21)9-20-8-12-4-5-15(18)14(12)10-20/h2-3,6-7,12,14-15H,4-5,8-10,18H2,1H3. The number of aryl methyl sites for hydroxylation is 1. The fourth-order valence-corrected chi connectivity index (χ4v) is 4.15. The number of hydrogen-bond donors (Lipinski definition) is 1. The van der Waals surface area contributed by atoms with Crippen molar-refractivity contribution in [1.29, 1.82) is 0 Å². The van der Waals surface area contributed by atoms with E-state index >= 15 is 0 Å². The van der Waals surface area contributed by atoms with Gasteiger partial charge in [0.05, 0.1) is 5.69 Å². The van der Waals surface area contributed by atoms with Crippen LogP contribution >= 0.6 is 0 Å². The highest BCUT2D eigenvalue weighted by molar-refractivity contribution is 5.46. The third-order valence-electron chi connectivity index (χ3n) is 5.31. The summed E-state index contributed by atoms with van der Waals surface area (Å²) in [6, 6.07) is 5.90. The molecule has 2 aromatic rings. The Morgan fingerprint density at radius 1 is 1.36 bits per heavy atom. The zero-order valence-corrected chi connectivity index (χ0v) is 12.9. The molecule has 3 atom stereocenters. The maximum Gasteiger partial charge on any atom is 0.258 e. The van der Waals surface area contributed by atoms with E-state index in [1.807, 2.05) is 19.1 Å². The van der Waals surface area contributed by atoms with Crippen molar-refractivity contribution in [3.63, 3.8) is 0 Å². The van der Waals surface area contributed by atoms with Gasteiger partial charge in [-0.1, -0.05) is 6.07 Å². The number of hydrogen-bond acceptors (Lipinski definition) is 4. The van der Waals surface area contributed by atoms with E-state index < -0.39 is 0 Å². The third kappa shape index (κ3) is 2.25. The monoisotopic (exact) mass is 298 g/mol. The minimum absolute atomic E-state index is 0.000192. The largest absolute Gasteiger partial charge is 0.327 e. The molecular formula is C17H22N4O. The molecule has 116 valence electrons. The first-order valence-corrected chi connectivity index (χ1v) is 8.07. The molecule has 2 N–H and O–H groups in total. The summed E-state index contributed by atoms with van der Waals surface area (Å²) in [6.45, 7) is 4.87. The molecule has 2 fully saturated rings. The van der Waals surface area contributed by atoms with Crippen LogP contribution in [0.5, 0.6) is 0 Å². The van der Waals surface area contributed by atoms with Gasteiger partial charge in [0.1, 0.15) is 5.65 Å². The molecule has 5 heteroatoms. The lowest BCUT2D eigenvalue weighted by Crippen LogP contribution is -2.30. The normalized spacial score (nSPS) is 28.4. The lowest BCUT2D eigenvalue weighted by Gasteiger charge is -2.18. The fraction of sp³-hybridized carbons (Fsp3) is 0.529. The van der Waals surface area contributed by atoms with Gasteiger partial charge in [0.15, 0.2) is 0 Å². The Hall–Kier alpha value is -1.72. The van der Waals surface area contributed by atoms with Crippen LogP contribution in [0.1, 0.15) is 24.1 Å². The van der Waals surface area contributed by atoms with Crippen LogP contribution in [0, 0.1) is 18.8 Å². The lowest BCUT2D eigenvalue weighted by molar-refractivity contribution is 0.295. The van der Waals surface area contributed by atoms with Crippen LogP contribution in [0.25, 0.3) is 5.65 Å². The summed E-state index contributed by atoms with van der Waals surface area (Å²) in [5, 5.41) is 0. The summed E-state index contributed by atoms with van der Waals surface area (Å²) in [4.78, 5) is 19.4. The van der Waals surface area contributed by atoms with Crippen LogP contribution in [0.4, 0.5) is 0 Å². The topological polar surface area (TPSA) is 63.6 Å². The van der Waals surface area contributed by atoms with E-state index in [0.717, 1.165) is 48.9 Å². The Balaban J connectivity index is 1.60. The van der Waals surface area contributed by atoms with E-state index in [4.69, 9.17) is 10.7 Å². The van der Waals surface area contributed by atoms with Gasteiger partial charge in [-0.3, -0.25) is 14.1 Å². The Kier molecular flexibility index (Phi) is 3.27. The molecule has 0 amide bonds. The minimum atomic E-state index is -0.000192. The van der Waals surface area contributed by atoms with Gasteiger partial charge in [-0.2, -0.15) is 0 Å². The van der Waals surface area contributed by atoms with E-state index in [0.29, 0.717) is 12.0 Å². The van der Waals surface area contributed by atoms with Gasteiger partial charge >= 0.3 is 0 Å². The Bertz CT molecular complexity index is 769. The molecular weight excluding hydrogens is 276 g/mol. The van der Waals surface area contributed by atoms with Crippen LogP contribution in [-0.4, -0.2) is 33.4 Å². The van der Waals surface area contributed by atoms with Crippen molar-refractivity contribution in [3.8, 4) is 0 Å². The molecule has 1 aliphatic carbocycles. The highest BCUT2D eigenvalue weighted by atomic mass is 16.1. The SMILES string of the molecule is Cc1cccn2c(=O)cc(CN3CC4CCC(N)C4C3)nc12. The van der Waals surface area contributed by atoms with Gasteiger partial charge in [-0.15, -0.1) is 0 Å². The zero-order valence-electron chi connectivity index (χ0n) is 12.9. The van der Waals surface area contributed by atoms with Crippen LogP contribution in [0.15, 0.2) is 29.2 Å². The third-order valence-corrected chi connectivity index (χ3v) is 5.31. The maximum atomic E-state index is 12.3. The van der Waals surface area contributed by atoms with E-state index in [2.05, 4.69) is 4.90 Å². The summed E-state index contributed by atoms with van der Waals surface area (Å²) in [5.74, 6) is 1.36. The van der Waals surface area contributed by atoms with Gasteiger partial charge in [-0.25, -0.2) is 4.98 Å². The molecule has 1 aliphatic heterocycles. The quantitative estimate of drug-likeness (QED) is 0.904. The van der Waals surface area contributed by atoms with E-state index in [9.17, 15) is 4.79 Å². The zero-order chi connectivity index (χ0) is 15.3. The molecule has 0 bridgehead atoms. The molecule has 3 unspecified atom stereocenters. The van der Waals surface area contributed by atoms with Crippen molar-refractivity contribution in [2.45, 2.75) is 32.4 Å². The second-order valence-electron chi connectivity index (χ2n) is 6.83. The number of rotatable bonds is 2. The number of nitrogens with two attached hydrogens (primary N) is 1. The Morgan fingerprint density at radius 3 is 3.05 bits per heavy atom. The predicted molar refractivity (Wildman–Crippen MR) is 85.7 cm³/mol. The molecule has 5 nitrogen and oxygen atoms in total. The molecule has 4 rings (SSSR count). The first kappa shape index (κ1) is 13.9. The van der Waals surface area contributed by atoms with E-state index in [1.54, 1.807) is 16.7 Å². The molecule has 0 spiro atoms. The first-order valence-electron chi connectivity index (χ1n) is 8.07. The molecule has 1 saturated heterocycles. The van der Waals surface area contributed by atoms with Crippen LogP contribution in [0.3, 0.4) is 0 Å². The maximum absolute atomic E-state index is 12.3. The second-order valence-corrected chi connectivity index (χ2v) is 6.83. The molecule has 2 aromatic heterocycles. The summed E-state index contributed by atoms with van der Waals surface area (Å²) in [7, 11) is 0. The molecule has 1 saturated carbocycles. The lowest BCUT2D eigenvalue weighted by atomic mass is 9.98. The van der Waals surface area contributed by atoms with Gasteiger partial charge < -0.3 is 5.73 Å². The minimum Gasteiger partial charge on any atom is -0.327 e. The van der Waals surface area contributed by atoms with Crippen molar-refractivity contribution < 1.29 is 0 Å². The second kappa shape index (κ2) is 5.18. The average molecular weight is 298 g/mol. The van der Waals surface area contributed by atoms with E-state index in [-0.39, 0.29) is 5.56 Å². The van der Waals surface area contributed by atoms with Crippen molar-refractivity contribution in [2.24, 2.45) is 17.6 Å². The molecule has 2 aliphatic rings. The predicted octanol–water partition coefficient (Wildman–Crippen LogP) is 1.17. The summed E-state index contributed by atoms with van der Waals surface area (Å²) < 4.78 is 1.62. The molecule has 0 radical (unpaired) electrons. The van der Waals surface area contributed by atoms with Gasteiger partial charge in [0.2, 0.25) is 0 Å². The Morgan fingerprint density at radius 2 is 2.23 bits per heavy atom. The molecule has 3 heterocycles. The summed E-state index contributed by atoms with van der Waals surface area (Å²) in [6.07, 6.45) is 4.19. The number of nitrogens with zero attached hydrogens (tertiary/aromatic N) is 3. The van der Waals surface area contributed by atoms with Crippen molar-refractivity contribution >= 4 is 5.65 Å². The van der Waals surface area contributed by atoms with Crippen molar-refractivity contribution in [3.05, 3.63) is 46.0 Å². The highest BCUT2D eigenvalue weighted by Gasteiger charge is 2.40. The van der Waals surface area contributed by atoms with Crippen molar-refractivity contribution in [2.75, 3.05) is 13.1 Å². The summed E-state index contributed by atoms with van der Waals surface area (Å²) in [5.41, 5.74) is 8.86. The molecule has 0 aromatic carbocycles. The van der Waals surface area contributed by atoms with E-state index in [1.165, 1.54) is 6.42 Å². The van der Waals surface area contributed by atoms with Gasteiger partial charge in [-0.05, 0) is 43.2 Å². The highest BCUT2D eigenvalue weighted by Crippen LogP contribution is 2.37. The Labute approximate surface area is 129 Å². The smallest absolute Gasteiger partial charge is 0.258 e. The molecule has 22 heavy (non-hydrogen) atoms. The van der Waals surface area contributed by atoms with Gasteiger partial charge in [0, 0.05) is 37.9 Å². The van der Waals surface area contributed by atoms with Crippen LogP contribution in [0.2, 0.25) is 0 Å². The fourth-order valence-electron chi connectivity index (χ4n) is 4.15. The number of fused-ring (bicyclic) bond motifs is 2. The number of pyridine rings is 1. The van der Waals surface area contributed by atoms with Crippen LogP contribution in [-0.2, 0) is 6.54 Å². The average Bonchev–Trinajstić information content (AvgIpc) is 3.02. The van der Waals surface area contributed by atoms with Crippen molar-refractivity contribution in [1.82, 2.24) is 14.3 Å². The van der Waals surface area contributed by atoms with Crippen LogP contribution < -0.4 is 11.3 Å². The first-order chi connectivity index (χ1) is 10.6. The van der Waals surface area contributed by atoms with Gasteiger partial charge in [0.25, 0.3) is 5.56 Å². The number of likely N-dealkylation sites (tertiary alicyclic amines) is 1. The number of aromatic nitrogens is 2.